The molecule has 0 spiro atoms. The molecule has 0 radical (unpaired) electrons. The SMILES string of the molecule is O=C(O)/C=C/c1ccc(N[C@@H]2CCN(C(=O)c3ccc(Cl)cc3)C2)nc1. The van der Waals surface area contributed by atoms with Crippen molar-refractivity contribution in [1.82, 2.24) is 9.88 Å². The number of likely N-dealkylation sites (tertiary alicyclic amines) is 1. The van der Waals surface area contributed by atoms with Crippen molar-refractivity contribution >= 4 is 35.4 Å². The van der Waals surface area contributed by atoms with Gasteiger partial charge in [0.15, 0.2) is 0 Å². The minimum absolute atomic E-state index is 0.00641. The Morgan fingerprint density at radius 2 is 2.00 bits per heavy atom. The van der Waals surface area contributed by atoms with Crippen LogP contribution < -0.4 is 5.32 Å². The number of carboxylic acid groups (broad SMARTS) is 1. The molecule has 0 aliphatic carbocycles. The number of rotatable bonds is 5. The number of hydrogen-bond acceptors (Lipinski definition) is 4. The number of pyridine rings is 1. The zero-order valence-corrected chi connectivity index (χ0v) is 14.7. The first-order valence-electron chi connectivity index (χ1n) is 8.20. The van der Waals surface area contributed by atoms with E-state index in [-0.39, 0.29) is 11.9 Å². The van der Waals surface area contributed by atoms with Crippen LogP contribution in [0.15, 0.2) is 48.7 Å². The van der Waals surface area contributed by atoms with Crippen LogP contribution >= 0.6 is 11.6 Å². The Bertz CT molecular complexity index is 819. The molecule has 0 unspecified atom stereocenters. The maximum atomic E-state index is 12.5. The Hall–Kier alpha value is -2.86. The Labute approximate surface area is 156 Å². The molecule has 3 rings (SSSR count). The van der Waals surface area contributed by atoms with E-state index in [2.05, 4.69) is 10.3 Å². The summed E-state index contributed by atoms with van der Waals surface area (Å²) in [5.74, 6) is -0.306. The second-order valence-electron chi connectivity index (χ2n) is 6.04. The number of nitrogens with zero attached hydrogens (tertiary/aromatic N) is 2. The summed E-state index contributed by atoms with van der Waals surface area (Å²) >= 11 is 5.86. The van der Waals surface area contributed by atoms with Gasteiger partial charge in [0, 0.05) is 42.0 Å². The third-order valence-corrected chi connectivity index (χ3v) is 4.38. The molecule has 2 aromatic rings. The number of aliphatic carboxylic acids is 1. The summed E-state index contributed by atoms with van der Waals surface area (Å²) in [6.07, 6.45) is 5.00. The first-order chi connectivity index (χ1) is 12.5. The molecule has 1 aliphatic rings. The average Bonchev–Trinajstić information content (AvgIpc) is 3.09. The third-order valence-electron chi connectivity index (χ3n) is 4.12. The van der Waals surface area contributed by atoms with E-state index in [4.69, 9.17) is 16.7 Å². The van der Waals surface area contributed by atoms with E-state index in [0.29, 0.717) is 35.1 Å². The Balaban J connectivity index is 1.56. The molecule has 1 amide bonds. The van der Waals surface area contributed by atoms with E-state index in [1.54, 1.807) is 42.6 Å². The monoisotopic (exact) mass is 371 g/mol. The van der Waals surface area contributed by atoms with Gasteiger partial charge in [0.1, 0.15) is 5.82 Å². The van der Waals surface area contributed by atoms with Gasteiger partial charge in [-0.3, -0.25) is 4.79 Å². The van der Waals surface area contributed by atoms with Crippen LogP contribution in [0.25, 0.3) is 6.08 Å². The zero-order chi connectivity index (χ0) is 18.5. The van der Waals surface area contributed by atoms with E-state index < -0.39 is 5.97 Å². The molecular formula is C19H18ClN3O3. The predicted octanol–water partition coefficient (Wildman–Crippen LogP) is 3.16. The topological polar surface area (TPSA) is 82.5 Å². The first-order valence-corrected chi connectivity index (χ1v) is 8.57. The number of amides is 1. The molecular weight excluding hydrogens is 354 g/mol. The van der Waals surface area contributed by atoms with E-state index in [9.17, 15) is 9.59 Å². The predicted molar refractivity (Wildman–Crippen MR) is 100 cm³/mol. The summed E-state index contributed by atoms with van der Waals surface area (Å²) in [6, 6.07) is 10.6. The van der Waals surface area contributed by atoms with E-state index in [1.165, 1.54) is 6.08 Å². The quantitative estimate of drug-likeness (QED) is 0.789. The fourth-order valence-corrected chi connectivity index (χ4v) is 2.93. The van der Waals surface area contributed by atoms with Crippen molar-refractivity contribution in [2.24, 2.45) is 0 Å². The smallest absolute Gasteiger partial charge is 0.328 e. The van der Waals surface area contributed by atoms with Crippen LogP contribution in [0.2, 0.25) is 5.02 Å². The van der Waals surface area contributed by atoms with Crippen molar-refractivity contribution in [1.29, 1.82) is 0 Å². The summed E-state index contributed by atoms with van der Waals surface area (Å²) in [6.45, 7) is 1.28. The van der Waals surface area contributed by atoms with Crippen LogP contribution in [0, 0.1) is 0 Å². The number of benzene rings is 1. The van der Waals surface area contributed by atoms with E-state index in [1.807, 2.05) is 4.90 Å². The molecule has 2 heterocycles. The minimum Gasteiger partial charge on any atom is -0.478 e. The maximum Gasteiger partial charge on any atom is 0.328 e. The van der Waals surface area contributed by atoms with Crippen molar-refractivity contribution in [2.45, 2.75) is 12.5 Å². The summed E-state index contributed by atoms with van der Waals surface area (Å²) in [7, 11) is 0. The van der Waals surface area contributed by atoms with Crippen molar-refractivity contribution in [3.63, 3.8) is 0 Å². The van der Waals surface area contributed by atoms with Crippen LogP contribution in [-0.2, 0) is 4.79 Å². The second-order valence-corrected chi connectivity index (χ2v) is 6.47. The Kier molecular flexibility index (Phi) is 5.53. The number of nitrogens with one attached hydrogen (secondary N) is 1. The van der Waals surface area contributed by atoms with Gasteiger partial charge in [0.25, 0.3) is 5.91 Å². The van der Waals surface area contributed by atoms with Crippen LogP contribution in [0.4, 0.5) is 5.82 Å². The van der Waals surface area contributed by atoms with Crippen LogP contribution in [0.1, 0.15) is 22.3 Å². The van der Waals surface area contributed by atoms with Gasteiger partial charge in [-0.15, -0.1) is 0 Å². The highest BCUT2D eigenvalue weighted by Gasteiger charge is 2.27. The van der Waals surface area contributed by atoms with Crippen LogP contribution in [0.5, 0.6) is 0 Å². The van der Waals surface area contributed by atoms with Gasteiger partial charge in [-0.25, -0.2) is 9.78 Å². The van der Waals surface area contributed by atoms with Crippen LogP contribution in [-0.4, -0.2) is 46.0 Å². The van der Waals surface area contributed by atoms with Gasteiger partial charge < -0.3 is 15.3 Å². The standard InChI is InChI=1S/C19H18ClN3O3/c20-15-5-3-14(4-6-15)19(26)23-10-9-16(12-23)22-17-7-1-13(11-21-17)2-8-18(24)25/h1-8,11,16H,9-10,12H2,(H,21,22)(H,24,25)/b8-2+/t16-/m1/s1. The molecule has 1 aromatic carbocycles. The summed E-state index contributed by atoms with van der Waals surface area (Å²) < 4.78 is 0. The van der Waals surface area contributed by atoms with Crippen molar-refractivity contribution in [3.8, 4) is 0 Å². The lowest BCUT2D eigenvalue weighted by Gasteiger charge is -2.17. The lowest BCUT2D eigenvalue weighted by molar-refractivity contribution is -0.131. The van der Waals surface area contributed by atoms with Crippen molar-refractivity contribution in [2.75, 3.05) is 18.4 Å². The van der Waals surface area contributed by atoms with Gasteiger partial charge in [-0.1, -0.05) is 11.6 Å². The van der Waals surface area contributed by atoms with Gasteiger partial charge in [-0.2, -0.15) is 0 Å². The fourth-order valence-electron chi connectivity index (χ4n) is 2.80. The summed E-state index contributed by atoms with van der Waals surface area (Å²) in [5, 5.41) is 12.5. The number of aromatic nitrogens is 1. The second kappa shape index (κ2) is 8.01. The third kappa shape index (κ3) is 4.61. The Morgan fingerprint density at radius 1 is 1.23 bits per heavy atom. The molecule has 1 aromatic heterocycles. The van der Waals surface area contributed by atoms with Gasteiger partial charge in [-0.05, 0) is 54.5 Å². The normalized spacial score (nSPS) is 16.8. The molecule has 1 aliphatic heterocycles. The fraction of sp³-hybridized carbons (Fsp3) is 0.211. The highest BCUT2D eigenvalue weighted by Crippen LogP contribution is 2.18. The highest BCUT2D eigenvalue weighted by molar-refractivity contribution is 6.30. The molecule has 6 nitrogen and oxygen atoms in total. The number of carbonyl (C=O) groups excluding carboxylic acids is 1. The number of carboxylic acids is 1. The number of anilines is 1. The van der Waals surface area contributed by atoms with Crippen LogP contribution in [0.3, 0.4) is 0 Å². The lowest BCUT2D eigenvalue weighted by Crippen LogP contribution is -2.31. The molecule has 1 saturated heterocycles. The summed E-state index contributed by atoms with van der Waals surface area (Å²) in [4.78, 5) is 29.1. The molecule has 26 heavy (non-hydrogen) atoms. The minimum atomic E-state index is -0.997. The van der Waals surface area contributed by atoms with Crippen molar-refractivity contribution < 1.29 is 14.7 Å². The molecule has 2 N–H and O–H groups in total. The molecule has 0 bridgehead atoms. The van der Waals surface area contributed by atoms with Crippen molar-refractivity contribution in [3.05, 3.63) is 64.8 Å². The largest absolute Gasteiger partial charge is 0.478 e. The van der Waals surface area contributed by atoms with E-state index >= 15 is 0 Å². The maximum absolute atomic E-state index is 12.5. The average molecular weight is 372 g/mol. The molecule has 1 fully saturated rings. The zero-order valence-electron chi connectivity index (χ0n) is 13.9. The molecule has 7 heteroatoms. The molecule has 134 valence electrons. The molecule has 1 atom stereocenters. The van der Waals surface area contributed by atoms with Gasteiger partial charge >= 0.3 is 5.97 Å². The number of carbonyl (C=O) groups is 2. The molecule has 0 saturated carbocycles. The summed E-state index contributed by atoms with van der Waals surface area (Å²) in [5.41, 5.74) is 1.34. The first kappa shape index (κ1) is 17.9. The lowest BCUT2D eigenvalue weighted by atomic mass is 10.2. The van der Waals surface area contributed by atoms with Gasteiger partial charge in [0.05, 0.1) is 0 Å². The Morgan fingerprint density at radius 3 is 2.65 bits per heavy atom. The highest BCUT2D eigenvalue weighted by atomic mass is 35.5. The number of halogens is 1. The van der Waals surface area contributed by atoms with E-state index in [0.717, 1.165) is 12.5 Å². The van der Waals surface area contributed by atoms with Gasteiger partial charge in [0.2, 0.25) is 0 Å². The number of hydrogen-bond donors (Lipinski definition) is 2.